The topological polar surface area (TPSA) is 72.8 Å². The molecule has 2 aromatic heterocycles. The molecular formula is C21H22O5. The fourth-order valence-electron chi connectivity index (χ4n) is 2.72. The third-order valence-corrected chi connectivity index (χ3v) is 4.32. The van der Waals surface area contributed by atoms with E-state index in [1.165, 1.54) is 6.07 Å². The molecule has 0 aliphatic rings. The van der Waals surface area contributed by atoms with Crippen molar-refractivity contribution < 1.29 is 18.7 Å². The van der Waals surface area contributed by atoms with Crippen molar-refractivity contribution in [2.45, 2.75) is 32.8 Å². The largest absolute Gasteiger partial charge is 0.482 e. The number of aliphatic hydroxyl groups is 1. The van der Waals surface area contributed by atoms with Crippen LogP contribution in [0.5, 0.6) is 5.75 Å². The van der Waals surface area contributed by atoms with Crippen LogP contribution in [0, 0.1) is 0 Å². The molecule has 2 heterocycles. The Morgan fingerprint density at radius 3 is 2.81 bits per heavy atom. The van der Waals surface area contributed by atoms with Gasteiger partial charge in [0.25, 0.3) is 0 Å². The SMILES string of the molecule is C=C(C)[C@H](O)CCC(C)=CCOc1c2occc2cc2ccc(=O)oc12. The number of hydrogen-bond acceptors (Lipinski definition) is 5. The Kier molecular flexibility index (Phi) is 5.28. The first-order valence-corrected chi connectivity index (χ1v) is 8.51. The second-order valence-electron chi connectivity index (χ2n) is 6.48. The van der Waals surface area contributed by atoms with Crippen molar-refractivity contribution in [2.24, 2.45) is 0 Å². The van der Waals surface area contributed by atoms with Gasteiger partial charge >= 0.3 is 5.63 Å². The highest BCUT2D eigenvalue weighted by atomic mass is 16.5. The number of hydrogen-bond donors (Lipinski definition) is 1. The summed E-state index contributed by atoms with van der Waals surface area (Å²) in [4.78, 5) is 11.6. The van der Waals surface area contributed by atoms with E-state index in [2.05, 4.69) is 6.58 Å². The second kappa shape index (κ2) is 7.62. The third kappa shape index (κ3) is 3.89. The monoisotopic (exact) mass is 354 g/mol. The van der Waals surface area contributed by atoms with Gasteiger partial charge in [-0.1, -0.05) is 17.7 Å². The first-order chi connectivity index (χ1) is 12.5. The number of aliphatic hydroxyl groups excluding tert-OH is 1. The Bertz CT molecular complexity index is 1020. The summed E-state index contributed by atoms with van der Waals surface area (Å²) in [7, 11) is 0. The van der Waals surface area contributed by atoms with E-state index < -0.39 is 11.7 Å². The molecule has 26 heavy (non-hydrogen) atoms. The zero-order valence-corrected chi connectivity index (χ0v) is 15.0. The lowest BCUT2D eigenvalue weighted by atomic mass is 10.0. The Morgan fingerprint density at radius 2 is 2.04 bits per heavy atom. The molecular weight excluding hydrogens is 332 g/mol. The molecule has 0 aliphatic heterocycles. The highest BCUT2D eigenvalue weighted by Crippen LogP contribution is 2.34. The van der Waals surface area contributed by atoms with Gasteiger partial charge in [0.15, 0.2) is 11.2 Å². The summed E-state index contributed by atoms with van der Waals surface area (Å²) in [6, 6.07) is 6.83. The third-order valence-electron chi connectivity index (χ3n) is 4.32. The number of fused-ring (bicyclic) bond motifs is 2. The van der Waals surface area contributed by atoms with E-state index >= 15 is 0 Å². The van der Waals surface area contributed by atoms with Crippen LogP contribution >= 0.6 is 0 Å². The summed E-state index contributed by atoms with van der Waals surface area (Å²) in [5.74, 6) is 0.422. The molecule has 136 valence electrons. The molecule has 0 bridgehead atoms. The summed E-state index contributed by atoms with van der Waals surface area (Å²) in [5, 5.41) is 11.5. The van der Waals surface area contributed by atoms with Crippen LogP contribution in [0.2, 0.25) is 0 Å². The van der Waals surface area contributed by atoms with E-state index in [1.807, 2.05) is 32.1 Å². The number of furan rings is 1. The van der Waals surface area contributed by atoms with Crippen LogP contribution in [-0.2, 0) is 0 Å². The van der Waals surface area contributed by atoms with Gasteiger partial charge in [0.1, 0.15) is 6.61 Å². The predicted octanol–water partition coefficient (Wildman–Crippen LogP) is 4.58. The van der Waals surface area contributed by atoms with Crippen LogP contribution in [0.25, 0.3) is 21.9 Å². The molecule has 1 N–H and O–H groups in total. The molecule has 3 rings (SSSR count). The van der Waals surface area contributed by atoms with Gasteiger partial charge in [0.2, 0.25) is 5.75 Å². The van der Waals surface area contributed by atoms with E-state index in [1.54, 1.807) is 12.3 Å². The Labute approximate surface area is 151 Å². The molecule has 0 spiro atoms. The van der Waals surface area contributed by atoms with E-state index in [4.69, 9.17) is 13.6 Å². The van der Waals surface area contributed by atoms with Gasteiger partial charge in [-0.25, -0.2) is 4.79 Å². The summed E-state index contributed by atoms with van der Waals surface area (Å²) >= 11 is 0. The van der Waals surface area contributed by atoms with E-state index in [9.17, 15) is 9.90 Å². The van der Waals surface area contributed by atoms with Gasteiger partial charge in [0.05, 0.1) is 12.4 Å². The minimum atomic E-state index is -0.491. The highest BCUT2D eigenvalue weighted by Gasteiger charge is 2.14. The fraction of sp³-hybridized carbons (Fsp3) is 0.286. The van der Waals surface area contributed by atoms with Crippen LogP contribution in [0.4, 0.5) is 0 Å². The molecule has 0 saturated carbocycles. The molecule has 3 aromatic rings. The van der Waals surface area contributed by atoms with Gasteiger partial charge in [0, 0.05) is 16.8 Å². The van der Waals surface area contributed by atoms with Crippen molar-refractivity contribution in [2.75, 3.05) is 6.61 Å². The van der Waals surface area contributed by atoms with Crippen LogP contribution < -0.4 is 10.4 Å². The lowest BCUT2D eigenvalue weighted by Gasteiger charge is -2.10. The van der Waals surface area contributed by atoms with E-state index in [0.29, 0.717) is 29.9 Å². The normalized spacial score (nSPS) is 13.3. The van der Waals surface area contributed by atoms with Crippen LogP contribution in [0.15, 0.2) is 68.0 Å². The Balaban J connectivity index is 1.80. The van der Waals surface area contributed by atoms with Crippen molar-refractivity contribution >= 4 is 21.9 Å². The molecule has 1 atom stereocenters. The average Bonchev–Trinajstić information content (AvgIpc) is 3.07. The number of rotatable bonds is 7. The quantitative estimate of drug-likeness (QED) is 0.496. The fourth-order valence-corrected chi connectivity index (χ4v) is 2.72. The number of allylic oxidation sites excluding steroid dienone is 1. The van der Waals surface area contributed by atoms with E-state index in [0.717, 1.165) is 28.3 Å². The maximum atomic E-state index is 11.6. The Hall–Kier alpha value is -2.79. The Morgan fingerprint density at radius 1 is 1.27 bits per heavy atom. The maximum Gasteiger partial charge on any atom is 0.336 e. The first-order valence-electron chi connectivity index (χ1n) is 8.51. The zero-order valence-electron chi connectivity index (χ0n) is 15.0. The summed E-state index contributed by atoms with van der Waals surface area (Å²) in [6.07, 6.45) is 4.41. The molecule has 0 fully saturated rings. The summed E-state index contributed by atoms with van der Waals surface area (Å²) < 4.78 is 16.7. The predicted molar refractivity (Wildman–Crippen MR) is 102 cm³/mol. The molecule has 5 heteroatoms. The first kappa shape index (κ1) is 18.0. The number of ether oxygens (including phenoxy) is 1. The second-order valence-corrected chi connectivity index (χ2v) is 6.48. The van der Waals surface area contributed by atoms with Gasteiger partial charge in [-0.15, -0.1) is 0 Å². The molecule has 0 aliphatic carbocycles. The van der Waals surface area contributed by atoms with Crippen molar-refractivity contribution in [1.82, 2.24) is 0 Å². The number of benzene rings is 1. The highest BCUT2D eigenvalue weighted by molar-refractivity contribution is 5.99. The van der Waals surface area contributed by atoms with Gasteiger partial charge in [-0.2, -0.15) is 0 Å². The van der Waals surface area contributed by atoms with Crippen molar-refractivity contribution in [1.29, 1.82) is 0 Å². The summed E-state index contributed by atoms with van der Waals surface area (Å²) in [6.45, 7) is 7.86. The average molecular weight is 354 g/mol. The van der Waals surface area contributed by atoms with Gasteiger partial charge in [-0.05, 0) is 51.0 Å². The molecule has 0 unspecified atom stereocenters. The minimum absolute atomic E-state index is 0.308. The van der Waals surface area contributed by atoms with E-state index in [-0.39, 0.29) is 0 Å². The molecule has 0 saturated heterocycles. The van der Waals surface area contributed by atoms with Gasteiger partial charge in [-0.3, -0.25) is 0 Å². The zero-order chi connectivity index (χ0) is 18.7. The smallest absolute Gasteiger partial charge is 0.336 e. The molecule has 0 amide bonds. The maximum absolute atomic E-state index is 11.6. The van der Waals surface area contributed by atoms with Gasteiger partial charge < -0.3 is 18.7 Å². The molecule has 0 radical (unpaired) electrons. The van der Waals surface area contributed by atoms with Crippen LogP contribution in [-0.4, -0.2) is 17.8 Å². The lowest BCUT2D eigenvalue weighted by Crippen LogP contribution is -2.07. The molecule has 5 nitrogen and oxygen atoms in total. The van der Waals surface area contributed by atoms with Crippen molar-refractivity contribution in [3.05, 3.63) is 64.7 Å². The summed E-state index contributed by atoms with van der Waals surface area (Å²) in [5.41, 5.74) is 2.36. The minimum Gasteiger partial charge on any atom is -0.482 e. The molecule has 1 aromatic carbocycles. The van der Waals surface area contributed by atoms with Crippen molar-refractivity contribution in [3.63, 3.8) is 0 Å². The standard InChI is InChI=1S/C21H22O5/c1-13(2)17(22)6-4-14(3)8-10-25-21-19-16(9-11-24-19)12-15-5-7-18(23)26-20(15)21/h5,7-9,11-12,17,22H,1,4,6,10H2,2-3H3/t17-/m1/s1. The van der Waals surface area contributed by atoms with Crippen LogP contribution in [0.3, 0.4) is 0 Å². The van der Waals surface area contributed by atoms with Crippen molar-refractivity contribution in [3.8, 4) is 5.75 Å². The van der Waals surface area contributed by atoms with Crippen LogP contribution in [0.1, 0.15) is 26.7 Å². The lowest BCUT2D eigenvalue weighted by molar-refractivity contribution is 0.201.